The highest BCUT2D eigenvalue weighted by Gasteiger charge is 2.39. The van der Waals surface area contributed by atoms with Crippen LogP contribution in [0.15, 0.2) is 23.0 Å². The Balaban J connectivity index is 2.30. The van der Waals surface area contributed by atoms with Gasteiger partial charge in [0.2, 0.25) is 0 Å². The van der Waals surface area contributed by atoms with Crippen molar-refractivity contribution in [2.45, 2.75) is 25.6 Å². The summed E-state index contributed by atoms with van der Waals surface area (Å²) in [5, 5.41) is 12.0. The summed E-state index contributed by atoms with van der Waals surface area (Å²) >= 11 is 0. The lowest BCUT2D eigenvalue weighted by Crippen LogP contribution is -2.12. The number of alkyl halides is 3. The zero-order valence-corrected chi connectivity index (χ0v) is 9.68. The third-order valence-corrected chi connectivity index (χ3v) is 2.52. The molecule has 19 heavy (non-hydrogen) atoms. The van der Waals surface area contributed by atoms with E-state index in [-0.39, 0.29) is 6.54 Å². The smallest absolute Gasteiger partial charge is 0.436 e. The van der Waals surface area contributed by atoms with E-state index in [1.54, 1.807) is 12.3 Å². The van der Waals surface area contributed by atoms with E-state index in [0.29, 0.717) is 5.70 Å². The first-order chi connectivity index (χ1) is 8.88. The maximum Gasteiger partial charge on any atom is 0.436 e. The molecule has 2 heterocycles. The van der Waals surface area contributed by atoms with Crippen LogP contribution < -0.4 is 0 Å². The SMILES string of the molecule is O=C(O)c1cn(CC2=CCCC=N2)nc1C(F)(F)F. The molecule has 0 fully saturated rings. The average Bonchev–Trinajstić information content (AvgIpc) is 2.74. The summed E-state index contributed by atoms with van der Waals surface area (Å²) in [6.45, 7) is 0.0207. The van der Waals surface area contributed by atoms with Gasteiger partial charge >= 0.3 is 12.1 Å². The molecule has 0 aliphatic carbocycles. The first-order valence-electron chi connectivity index (χ1n) is 5.47. The van der Waals surface area contributed by atoms with Crippen molar-refractivity contribution in [3.8, 4) is 0 Å². The molecule has 0 spiro atoms. The predicted octanol–water partition coefficient (Wildman–Crippen LogP) is 2.35. The Labute approximate surface area is 106 Å². The summed E-state index contributed by atoms with van der Waals surface area (Å²) < 4.78 is 38.8. The molecule has 0 bridgehead atoms. The number of aliphatic imine (C=N–C) groups is 1. The van der Waals surface area contributed by atoms with E-state index in [0.717, 1.165) is 23.7 Å². The van der Waals surface area contributed by atoms with Crippen LogP contribution in [0.25, 0.3) is 0 Å². The summed E-state index contributed by atoms with van der Waals surface area (Å²) in [7, 11) is 0. The van der Waals surface area contributed by atoms with Gasteiger partial charge in [0.15, 0.2) is 5.69 Å². The van der Waals surface area contributed by atoms with Crippen LogP contribution in [0.3, 0.4) is 0 Å². The minimum Gasteiger partial charge on any atom is -0.478 e. The largest absolute Gasteiger partial charge is 0.478 e. The van der Waals surface area contributed by atoms with E-state index in [9.17, 15) is 18.0 Å². The van der Waals surface area contributed by atoms with Crippen molar-refractivity contribution in [3.05, 3.63) is 29.2 Å². The first kappa shape index (κ1) is 13.3. The Kier molecular flexibility index (Phi) is 3.41. The molecule has 0 saturated heterocycles. The number of aromatic nitrogens is 2. The van der Waals surface area contributed by atoms with E-state index >= 15 is 0 Å². The Hall–Kier alpha value is -2.12. The van der Waals surface area contributed by atoms with Crippen LogP contribution in [0.1, 0.15) is 28.9 Å². The molecule has 102 valence electrons. The molecule has 0 atom stereocenters. The van der Waals surface area contributed by atoms with Crippen molar-refractivity contribution < 1.29 is 23.1 Å². The van der Waals surface area contributed by atoms with E-state index in [1.807, 2.05) is 0 Å². The number of aromatic carboxylic acids is 1. The third kappa shape index (κ3) is 3.01. The van der Waals surface area contributed by atoms with Crippen molar-refractivity contribution in [1.29, 1.82) is 0 Å². The number of carboxylic acid groups (broad SMARTS) is 1. The van der Waals surface area contributed by atoms with Crippen LogP contribution in [0.2, 0.25) is 0 Å². The van der Waals surface area contributed by atoms with Crippen LogP contribution in [0, 0.1) is 0 Å². The molecule has 0 saturated carbocycles. The fraction of sp³-hybridized carbons (Fsp3) is 0.364. The fourth-order valence-electron chi connectivity index (χ4n) is 1.70. The van der Waals surface area contributed by atoms with Gasteiger partial charge in [0.05, 0.1) is 12.2 Å². The normalized spacial score (nSPS) is 15.4. The van der Waals surface area contributed by atoms with Crippen molar-refractivity contribution in [3.63, 3.8) is 0 Å². The highest BCUT2D eigenvalue weighted by Crippen LogP contribution is 2.30. The van der Waals surface area contributed by atoms with E-state index in [1.165, 1.54) is 0 Å². The van der Waals surface area contributed by atoms with Gasteiger partial charge in [0.1, 0.15) is 5.56 Å². The van der Waals surface area contributed by atoms with Crippen LogP contribution in [0.5, 0.6) is 0 Å². The molecule has 0 unspecified atom stereocenters. The van der Waals surface area contributed by atoms with Gasteiger partial charge in [-0.15, -0.1) is 0 Å². The lowest BCUT2D eigenvalue weighted by Gasteiger charge is -2.06. The summed E-state index contributed by atoms with van der Waals surface area (Å²) in [4.78, 5) is 14.8. The zero-order valence-electron chi connectivity index (χ0n) is 9.68. The number of hydrogen-bond acceptors (Lipinski definition) is 3. The Morgan fingerprint density at radius 2 is 2.16 bits per heavy atom. The number of rotatable bonds is 3. The third-order valence-electron chi connectivity index (χ3n) is 2.52. The van der Waals surface area contributed by atoms with Gasteiger partial charge in [-0.1, -0.05) is 6.08 Å². The highest BCUT2D eigenvalue weighted by molar-refractivity contribution is 5.88. The quantitative estimate of drug-likeness (QED) is 0.919. The van der Waals surface area contributed by atoms with Crippen molar-refractivity contribution in [1.82, 2.24) is 9.78 Å². The minimum atomic E-state index is -4.79. The molecule has 8 heteroatoms. The topological polar surface area (TPSA) is 67.5 Å². The number of halogens is 3. The molecule has 0 radical (unpaired) electrons. The molecule has 1 aliphatic heterocycles. The first-order valence-corrected chi connectivity index (χ1v) is 5.47. The van der Waals surface area contributed by atoms with E-state index < -0.39 is 23.4 Å². The number of carboxylic acids is 1. The van der Waals surface area contributed by atoms with Gasteiger partial charge in [-0.05, 0) is 12.8 Å². The van der Waals surface area contributed by atoms with E-state index in [2.05, 4.69) is 10.1 Å². The Morgan fingerprint density at radius 3 is 2.63 bits per heavy atom. The molecule has 1 aromatic heterocycles. The van der Waals surface area contributed by atoms with Gasteiger partial charge < -0.3 is 5.11 Å². The monoisotopic (exact) mass is 273 g/mol. The maximum absolute atomic E-state index is 12.6. The van der Waals surface area contributed by atoms with Gasteiger partial charge in [-0.2, -0.15) is 18.3 Å². The minimum absolute atomic E-state index is 0.0207. The number of carbonyl (C=O) groups is 1. The molecular formula is C11H10F3N3O2. The lowest BCUT2D eigenvalue weighted by atomic mass is 10.2. The van der Waals surface area contributed by atoms with Crippen molar-refractivity contribution >= 4 is 12.2 Å². The molecule has 1 aliphatic rings. The summed E-state index contributed by atoms with van der Waals surface area (Å²) in [5.41, 5.74) is -1.67. The second kappa shape index (κ2) is 4.87. The molecule has 1 aromatic rings. The Bertz CT molecular complexity index is 558. The molecule has 0 aromatic carbocycles. The molecule has 5 nitrogen and oxygen atoms in total. The second-order valence-corrected chi connectivity index (χ2v) is 3.98. The van der Waals surface area contributed by atoms with Gasteiger partial charge in [0.25, 0.3) is 0 Å². The summed E-state index contributed by atoms with van der Waals surface area (Å²) in [6, 6.07) is 0. The molecular weight excluding hydrogens is 263 g/mol. The zero-order chi connectivity index (χ0) is 14.0. The standard InChI is InChI=1S/C11H10F3N3O2/c12-11(13,14)9-8(10(18)19)6-17(16-9)5-7-3-1-2-4-15-7/h3-4,6H,1-2,5H2,(H,18,19). The van der Waals surface area contributed by atoms with Crippen LogP contribution in [-0.4, -0.2) is 27.1 Å². The molecule has 0 amide bonds. The Morgan fingerprint density at radius 1 is 1.42 bits per heavy atom. The fourth-order valence-corrected chi connectivity index (χ4v) is 1.70. The van der Waals surface area contributed by atoms with Crippen molar-refractivity contribution in [2.24, 2.45) is 4.99 Å². The van der Waals surface area contributed by atoms with Gasteiger partial charge in [-0.3, -0.25) is 9.67 Å². The highest BCUT2D eigenvalue weighted by atomic mass is 19.4. The van der Waals surface area contributed by atoms with E-state index in [4.69, 9.17) is 5.11 Å². The molecule has 2 rings (SSSR count). The van der Waals surface area contributed by atoms with Gasteiger partial charge in [-0.25, -0.2) is 4.79 Å². The maximum atomic E-state index is 12.6. The molecule has 1 N–H and O–H groups in total. The predicted molar refractivity (Wildman–Crippen MR) is 60.0 cm³/mol. The average molecular weight is 273 g/mol. The lowest BCUT2D eigenvalue weighted by molar-refractivity contribution is -0.142. The number of allylic oxidation sites excluding steroid dienone is 2. The van der Waals surface area contributed by atoms with Crippen LogP contribution in [0.4, 0.5) is 13.2 Å². The van der Waals surface area contributed by atoms with Crippen molar-refractivity contribution in [2.75, 3.05) is 0 Å². The second-order valence-electron chi connectivity index (χ2n) is 3.98. The van der Waals surface area contributed by atoms with Gasteiger partial charge in [0, 0.05) is 12.4 Å². The number of hydrogen-bond donors (Lipinski definition) is 1. The van der Waals surface area contributed by atoms with Crippen LogP contribution in [-0.2, 0) is 12.7 Å². The summed E-state index contributed by atoms with van der Waals surface area (Å²) in [6.07, 6.45) is 1.09. The summed E-state index contributed by atoms with van der Waals surface area (Å²) in [5.74, 6) is -1.65. The van der Waals surface area contributed by atoms with Crippen LogP contribution >= 0.6 is 0 Å². The number of nitrogens with zero attached hydrogens (tertiary/aromatic N) is 3.